The number of morpholine rings is 1. The minimum Gasteiger partial charge on any atom is -0.458 e. The van der Waals surface area contributed by atoms with E-state index in [0.29, 0.717) is 5.82 Å². The molecule has 0 aliphatic carbocycles. The van der Waals surface area contributed by atoms with Crippen LogP contribution in [-0.2, 0) is 35.3 Å². The first kappa shape index (κ1) is 23.8. The number of aromatic nitrogens is 2. The summed E-state index contributed by atoms with van der Waals surface area (Å²) in [4.78, 5) is 38.6. The van der Waals surface area contributed by atoms with Gasteiger partial charge < -0.3 is 19.3 Å². The van der Waals surface area contributed by atoms with Gasteiger partial charge in [0.15, 0.2) is 24.3 Å². The van der Waals surface area contributed by atoms with Crippen molar-refractivity contribution in [1.29, 1.82) is 0 Å². The van der Waals surface area contributed by atoms with Gasteiger partial charge >= 0.3 is 11.9 Å². The molecule has 10 nitrogen and oxygen atoms in total. The van der Waals surface area contributed by atoms with Crippen molar-refractivity contribution in [1.82, 2.24) is 9.78 Å². The van der Waals surface area contributed by atoms with Gasteiger partial charge in [-0.15, -0.1) is 0 Å². The van der Waals surface area contributed by atoms with Crippen LogP contribution in [0.4, 0.5) is 5.82 Å². The van der Waals surface area contributed by atoms with Gasteiger partial charge in [0.25, 0.3) is 5.91 Å². The number of anilines is 1. The molecule has 0 unspecified atom stereocenters. The fraction of sp³-hybridized carbons (Fsp3) is 0.700. The molecule has 1 amide bonds. The number of nitrogens with zero attached hydrogens (tertiary/aromatic N) is 3. The number of rotatable bonds is 5. The van der Waals surface area contributed by atoms with Crippen LogP contribution >= 0.6 is 0 Å². The van der Waals surface area contributed by atoms with Crippen LogP contribution in [0, 0.1) is 5.41 Å². The third-order valence-corrected chi connectivity index (χ3v) is 4.26. The smallest absolute Gasteiger partial charge is 0.341 e. The number of carbonyl (C=O) groups is 3. The third-order valence-electron chi connectivity index (χ3n) is 4.26. The number of hydrogen-bond donors (Lipinski definition) is 1. The lowest BCUT2D eigenvalue weighted by molar-refractivity contribution is -0.194. The van der Waals surface area contributed by atoms with Gasteiger partial charge in [0.1, 0.15) is 5.60 Å². The molecule has 10 heteroatoms. The second-order valence-corrected chi connectivity index (χ2v) is 9.41. The molecular weight excluding hydrogens is 394 g/mol. The first-order valence-electron chi connectivity index (χ1n) is 9.72. The van der Waals surface area contributed by atoms with Crippen molar-refractivity contribution in [3.05, 3.63) is 12.3 Å². The number of carbonyl (C=O) groups excluding carboxylic acids is 3. The average Bonchev–Trinajstić information content (AvgIpc) is 3.06. The van der Waals surface area contributed by atoms with Gasteiger partial charge in [-0.1, -0.05) is 0 Å². The zero-order valence-corrected chi connectivity index (χ0v) is 18.6. The molecule has 1 N–H and O–H groups in total. The number of aliphatic hydroxyl groups is 1. The SMILES string of the molecule is CC(C)(C)OC(=O)[C@](C)(O)[C@H]1OCCN(c2ccn(COC(=O)C(C)(C)C)n2)C1=O. The second-order valence-electron chi connectivity index (χ2n) is 9.41. The van der Waals surface area contributed by atoms with Crippen molar-refractivity contribution in [3.8, 4) is 0 Å². The molecule has 0 aromatic carbocycles. The van der Waals surface area contributed by atoms with E-state index in [1.807, 2.05) is 0 Å². The van der Waals surface area contributed by atoms with Crippen LogP contribution in [0.25, 0.3) is 0 Å². The summed E-state index contributed by atoms with van der Waals surface area (Å²) in [6.45, 7) is 11.6. The lowest BCUT2D eigenvalue weighted by atomic mass is 9.96. The zero-order chi connectivity index (χ0) is 22.9. The molecule has 1 aliphatic heterocycles. The Labute approximate surface area is 176 Å². The summed E-state index contributed by atoms with van der Waals surface area (Å²) in [6.07, 6.45) is 0.125. The third kappa shape index (κ3) is 5.57. The number of amides is 1. The zero-order valence-electron chi connectivity index (χ0n) is 18.6. The molecule has 2 atom stereocenters. The first-order chi connectivity index (χ1) is 13.6. The fourth-order valence-electron chi connectivity index (χ4n) is 2.61. The Balaban J connectivity index is 2.11. The van der Waals surface area contributed by atoms with Gasteiger partial charge in [-0.25, -0.2) is 9.48 Å². The summed E-state index contributed by atoms with van der Waals surface area (Å²) in [6, 6.07) is 1.58. The van der Waals surface area contributed by atoms with Crippen molar-refractivity contribution in [2.24, 2.45) is 5.41 Å². The van der Waals surface area contributed by atoms with Crippen molar-refractivity contribution in [2.75, 3.05) is 18.1 Å². The average molecular weight is 425 g/mol. The molecule has 0 saturated carbocycles. The van der Waals surface area contributed by atoms with E-state index in [4.69, 9.17) is 14.2 Å². The highest BCUT2D eigenvalue weighted by atomic mass is 16.6. The van der Waals surface area contributed by atoms with Gasteiger partial charge in [-0.05, 0) is 48.5 Å². The van der Waals surface area contributed by atoms with Crippen molar-refractivity contribution in [2.45, 2.75) is 72.5 Å². The van der Waals surface area contributed by atoms with E-state index in [1.54, 1.807) is 53.8 Å². The van der Waals surface area contributed by atoms with Gasteiger partial charge in [0, 0.05) is 12.3 Å². The second kappa shape index (κ2) is 8.35. The van der Waals surface area contributed by atoms with Crippen LogP contribution in [0.1, 0.15) is 48.5 Å². The maximum atomic E-state index is 12.9. The highest BCUT2D eigenvalue weighted by Crippen LogP contribution is 2.26. The van der Waals surface area contributed by atoms with Gasteiger partial charge in [0.05, 0.1) is 18.6 Å². The fourth-order valence-corrected chi connectivity index (χ4v) is 2.61. The molecule has 1 saturated heterocycles. The highest BCUT2D eigenvalue weighted by Gasteiger charge is 2.50. The molecule has 1 aliphatic rings. The first-order valence-corrected chi connectivity index (χ1v) is 9.72. The Morgan fingerprint density at radius 2 is 1.83 bits per heavy atom. The normalized spacial score (nSPS) is 19.9. The Morgan fingerprint density at radius 1 is 1.20 bits per heavy atom. The quantitative estimate of drug-likeness (QED) is 0.700. The van der Waals surface area contributed by atoms with Crippen LogP contribution in [-0.4, -0.2) is 63.2 Å². The van der Waals surface area contributed by atoms with Crippen molar-refractivity contribution >= 4 is 23.7 Å². The van der Waals surface area contributed by atoms with Crippen LogP contribution in [0.15, 0.2) is 12.3 Å². The lowest BCUT2D eigenvalue weighted by Crippen LogP contribution is -2.61. The van der Waals surface area contributed by atoms with Crippen LogP contribution < -0.4 is 4.90 Å². The molecule has 2 rings (SSSR count). The summed E-state index contributed by atoms with van der Waals surface area (Å²) < 4.78 is 17.2. The summed E-state index contributed by atoms with van der Waals surface area (Å²) >= 11 is 0. The van der Waals surface area contributed by atoms with E-state index < -0.39 is 34.6 Å². The molecule has 0 spiro atoms. The Kier molecular flexibility index (Phi) is 6.63. The maximum absolute atomic E-state index is 12.9. The largest absolute Gasteiger partial charge is 0.458 e. The monoisotopic (exact) mass is 425 g/mol. The lowest BCUT2D eigenvalue weighted by Gasteiger charge is -2.38. The molecule has 0 bridgehead atoms. The number of esters is 2. The van der Waals surface area contributed by atoms with Gasteiger partial charge in [-0.3, -0.25) is 14.5 Å². The van der Waals surface area contributed by atoms with Crippen LogP contribution in [0.5, 0.6) is 0 Å². The van der Waals surface area contributed by atoms with Crippen molar-refractivity contribution in [3.63, 3.8) is 0 Å². The van der Waals surface area contributed by atoms with E-state index in [-0.39, 0.29) is 25.9 Å². The molecule has 0 radical (unpaired) electrons. The molecule has 168 valence electrons. The Bertz CT molecular complexity index is 802. The minimum atomic E-state index is -2.17. The van der Waals surface area contributed by atoms with E-state index in [1.165, 1.54) is 16.5 Å². The van der Waals surface area contributed by atoms with E-state index in [2.05, 4.69) is 5.10 Å². The summed E-state index contributed by atoms with van der Waals surface area (Å²) in [5, 5.41) is 15.0. The number of hydrogen-bond acceptors (Lipinski definition) is 8. The van der Waals surface area contributed by atoms with Gasteiger partial charge in [0.2, 0.25) is 0 Å². The molecule has 1 fully saturated rings. The maximum Gasteiger partial charge on any atom is 0.341 e. The van der Waals surface area contributed by atoms with E-state index in [0.717, 1.165) is 0 Å². The Morgan fingerprint density at radius 3 is 2.40 bits per heavy atom. The summed E-state index contributed by atoms with van der Waals surface area (Å²) in [5.41, 5.74) is -3.65. The highest BCUT2D eigenvalue weighted by molar-refractivity contribution is 6.01. The van der Waals surface area contributed by atoms with E-state index in [9.17, 15) is 19.5 Å². The summed E-state index contributed by atoms with van der Waals surface area (Å²) in [5.74, 6) is -1.65. The molecule has 1 aromatic heterocycles. The predicted molar refractivity (Wildman–Crippen MR) is 106 cm³/mol. The van der Waals surface area contributed by atoms with Gasteiger partial charge in [-0.2, -0.15) is 5.10 Å². The standard InChI is InChI=1S/C20H31N3O7/c1-18(2,3)16(25)29-12-22-9-8-13(21-22)23-10-11-28-14(15(23)24)20(7,27)17(26)30-19(4,5)6/h8-9,14,27H,10-12H2,1-7H3/t14-,20+/m0/s1. The molecule has 2 heterocycles. The topological polar surface area (TPSA) is 120 Å². The molecular formula is C20H31N3O7. The Hall–Kier alpha value is -2.46. The molecule has 30 heavy (non-hydrogen) atoms. The molecule has 1 aromatic rings. The summed E-state index contributed by atoms with van der Waals surface area (Å²) in [7, 11) is 0. The van der Waals surface area contributed by atoms with Crippen molar-refractivity contribution < 1.29 is 33.7 Å². The predicted octanol–water partition coefficient (Wildman–Crippen LogP) is 1.25. The number of ether oxygens (including phenoxy) is 3. The minimum absolute atomic E-state index is 0.0984. The van der Waals surface area contributed by atoms with Crippen LogP contribution in [0.2, 0.25) is 0 Å². The van der Waals surface area contributed by atoms with E-state index >= 15 is 0 Å². The van der Waals surface area contributed by atoms with Crippen LogP contribution in [0.3, 0.4) is 0 Å².